The molecule has 2 aliphatic rings. The van der Waals surface area contributed by atoms with E-state index in [-0.39, 0.29) is 30.6 Å². The first-order valence-electron chi connectivity index (χ1n) is 17.2. The number of rotatable bonds is 8. The lowest BCUT2D eigenvalue weighted by molar-refractivity contribution is -0.144. The molecule has 1 saturated carbocycles. The summed E-state index contributed by atoms with van der Waals surface area (Å²) >= 11 is 9.83. The molecule has 49 heavy (non-hydrogen) atoms. The van der Waals surface area contributed by atoms with E-state index in [0.29, 0.717) is 18.0 Å². The SMILES string of the molecule is CC(C)C[C@@H]1NC(=O)[C@@H](N(C)C(=O)[C@@H](NC(=O)OC(C)(C)C)C2CC2)C/C=C/CCCCNC(=O)[C@H](Cc2cc(Cl)ccc2Br)N(C)C1=O. The molecule has 3 N–H and O–H groups in total. The van der Waals surface area contributed by atoms with E-state index in [9.17, 15) is 24.0 Å². The predicted molar refractivity (Wildman–Crippen MR) is 194 cm³/mol. The molecule has 5 amide bonds. The monoisotopic (exact) mass is 765 g/mol. The van der Waals surface area contributed by atoms with E-state index in [1.165, 1.54) is 9.80 Å². The zero-order chi connectivity index (χ0) is 36.5. The second-order valence-corrected chi connectivity index (χ2v) is 15.8. The van der Waals surface area contributed by atoms with Crippen LogP contribution < -0.4 is 16.0 Å². The zero-order valence-electron chi connectivity index (χ0n) is 29.8. The van der Waals surface area contributed by atoms with Crippen molar-refractivity contribution in [1.29, 1.82) is 0 Å². The minimum atomic E-state index is -0.961. The molecule has 0 radical (unpaired) electrons. The van der Waals surface area contributed by atoms with Crippen LogP contribution in [0.1, 0.15) is 85.1 Å². The van der Waals surface area contributed by atoms with Crippen LogP contribution in [-0.2, 0) is 30.3 Å². The Bertz CT molecular complexity index is 1380. The number of ether oxygens (including phenoxy) is 1. The van der Waals surface area contributed by atoms with Gasteiger partial charge in [-0.1, -0.05) is 53.5 Å². The number of nitrogens with zero attached hydrogens (tertiary/aromatic N) is 2. The van der Waals surface area contributed by atoms with E-state index in [1.807, 2.05) is 26.0 Å². The van der Waals surface area contributed by atoms with Crippen LogP contribution >= 0.6 is 27.5 Å². The van der Waals surface area contributed by atoms with Gasteiger partial charge in [-0.05, 0) is 101 Å². The highest BCUT2D eigenvalue weighted by molar-refractivity contribution is 9.10. The number of likely N-dealkylation sites (N-methyl/N-ethyl adjacent to an activating group) is 2. The first-order valence-corrected chi connectivity index (χ1v) is 18.4. The van der Waals surface area contributed by atoms with Gasteiger partial charge in [0.05, 0.1) is 0 Å². The molecular formula is C36H53BrClN5O6. The number of amides is 5. The van der Waals surface area contributed by atoms with Gasteiger partial charge in [0.25, 0.3) is 0 Å². The number of alkyl carbamates (subject to hydrolysis) is 1. The van der Waals surface area contributed by atoms with Crippen molar-refractivity contribution in [3.05, 3.63) is 45.4 Å². The summed E-state index contributed by atoms with van der Waals surface area (Å²) < 4.78 is 6.19. The summed E-state index contributed by atoms with van der Waals surface area (Å²) in [5.41, 5.74) is 0.0256. The van der Waals surface area contributed by atoms with Crippen molar-refractivity contribution in [2.75, 3.05) is 20.6 Å². The Morgan fingerprint density at radius 2 is 1.82 bits per heavy atom. The first kappa shape index (κ1) is 40.3. The maximum atomic E-state index is 14.2. The molecule has 1 aromatic carbocycles. The number of benzene rings is 1. The molecule has 1 fully saturated rings. The van der Waals surface area contributed by atoms with Crippen molar-refractivity contribution in [1.82, 2.24) is 25.8 Å². The highest BCUT2D eigenvalue weighted by Crippen LogP contribution is 2.34. The fraction of sp³-hybridized carbons (Fsp3) is 0.639. The topological polar surface area (TPSA) is 137 Å². The van der Waals surface area contributed by atoms with Gasteiger partial charge in [0.1, 0.15) is 29.8 Å². The summed E-state index contributed by atoms with van der Waals surface area (Å²) in [5, 5.41) is 9.18. The van der Waals surface area contributed by atoms with E-state index in [1.54, 1.807) is 53.1 Å². The molecule has 4 atom stereocenters. The maximum absolute atomic E-state index is 14.2. The fourth-order valence-corrected chi connectivity index (χ4v) is 6.40. The third-order valence-corrected chi connectivity index (χ3v) is 9.64. The largest absolute Gasteiger partial charge is 0.444 e. The van der Waals surface area contributed by atoms with Gasteiger partial charge < -0.3 is 30.5 Å². The molecule has 3 rings (SSSR count). The lowest BCUT2D eigenvalue weighted by atomic mass is 9.98. The summed E-state index contributed by atoms with van der Waals surface area (Å²) in [4.78, 5) is 71.3. The van der Waals surface area contributed by atoms with Crippen LogP contribution in [0.2, 0.25) is 5.02 Å². The minimum absolute atomic E-state index is 0.0255. The number of carbonyl (C=O) groups is 5. The maximum Gasteiger partial charge on any atom is 0.408 e. The van der Waals surface area contributed by atoms with Gasteiger partial charge >= 0.3 is 6.09 Å². The average Bonchev–Trinajstić information content (AvgIpc) is 3.85. The third kappa shape index (κ3) is 12.6. The van der Waals surface area contributed by atoms with Crippen LogP contribution in [0.15, 0.2) is 34.8 Å². The Hall–Kier alpha value is -3.12. The van der Waals surface area contributed by atoms with E-state index in [4.69, 9.17) is 16.3 Å². The molecule has 11 nitrogen and oxygen atoms in total. The number of hydrogen-bond donors (Lipinski definition) is 3. The second kappa shape index (κ2) is 18.2. The van der Waals surface area contributed by atoms with Gasteiger partial charge in [0.2, 0.25) is 23.6 Å². The molecule has 1 aliphatic carbocycles. The molecule has 0 unspecified atom stereocenters. The third-order valence-electron chi connectivity index (χ3n) is 8.63. The summed E-state index contributed by atoms with van der Waals surface area (Å²) in [6, 6.07) is 1.67. The zero-order valence-corrected chi connectivity index (χ0v) is 32.2. The van der Waals surface area contributed by atoms with Crippen molar-refractivity contribution < 1.29 is 28.7 Å². The Morgan fingerprint density at radius 1 is 1.12 bits per heavy atom. The van der Waals surface area contributed by atoms with Crippen LogP contribution in [0.3, 0.4) is 0 Å². The Balaban J connectivity index is 1.93. The van der Waals surface area contributed by atoms with Crippen molar-refractivity contribution in [3.63, 3.8) is 0 Å². The van der Waals surface area contributed by atoms with Gasteiger partial charge in [0.15, 0.2) is 0 Å². The molecular weight excluding hydrogens is 714 g/mol. The molecule has 0 spiro atoms. The van der Waals surface area contributed by atoms with E-state index in [2.05, 4.69) is 31.9 Å². The Labute approximate surface area is 304 Å². The van der Waals surface area contributed by atoms with Crippen molar-refractivity contribution >= 4 is 57.3 Å². The van der Waals surface area contributed by atoms with Gasteiger partial charge in [-0.2, -0.15) is 0 Å². The lowest BCUT2D eigenvalue weighted by Crippen LogP contribution is -2.59. The minimum Gasteiger partial charge on any atom is -0.444 e. The smallest absolute Gasteiger partial charge is 0.408 e. The van der Waals surface area contributed by atoms with Crippen molar-refractivity contribution in [2.45, 2.75) is 116 Å². The van der Waals surface area contributed by atoms with Crippen LogP contribution in [-0.4, -0.2) is 89.9 Å². The molecule has 1 heterocycles. The molecule has 1 aromatic rings. The molecule has 1 aliphatic heterocycles. The number of allylic oxidation sites excluding steroid dienone is 1. The standard InChI is InChI=1S/C36H53BrClN5O6/c1-22(2)19-27-33(46)43(7)29(21-24-20-25(38)16-17-26(24)37)31(44)39-18-12-10-8-9-11-13-28(32(45)40-27)42(6)34(47)30(23-14-15-23)41-35(48)49-36(3,4)5/h9,11,16-17,20,22-23,27-30H,8,10,12-15,18-19,21H2,1-7H3,(H,39,44)(H,40,45)(H,41,48)/b11-9+/t27-,28-,29-,30-/m0/s1. The predicted octanol–water partition coefficient (Wildman–Crippen LogP) is 5.38. The molecule has 0 aromatic heterocycles. The van der Waals surface area contributed by atoms with Gasteiger partial charge in [-0.15, -0.1) is 0 Å². The van der Waals surface area contributed by atoms with E-state index >= 15 is 0 Å². The van der Waals surface area contributed by atoms with Crippen LogP contribution in [0.5, 0.6) is 0 Å². The van der Waals surface area contributed by atoms with Crippen LogP contribution in [0, 0.1) is 11.8 Å². The van der Waals surface area contributed by atoms with Gasteiger partial charge in [0, 0.05) is 36.6 Å². The summed E-state index contributed by atoms with van der Waals surface area (Å²) in [7, 11) is 3.13. The average molecular weight is 767 g/mol. The number of nitrogens with one attached hydrogen (secondary N) is 3. The fourth-order valence-electron chi connectivity index (χ4n) is 5.79. The number of hydrogen-bond acceptors (Lipinski definition) is 6. The normalized spacial score (nSPS) is 22.9. The molecule has 272 valence electrons. The van der Waals surface area contributed by atoms with Gasteiger partial charge in [-0.25, -0.2) is 4.79 Å². The second-order valence-electron chi connectivity index (χ2n) is 14.5. The summed E-state index contributed by atoms with van der Waals surface area (Å²) in [6.45, 7) is 9.59. The van der Waals surface area contributed by atoms with Gasteiger partial charge in [-0.3, -0.25) is 19.2 Å². The molecule has 13 heteroatoms. The number of halogens is 2. The molecule has 0 saturated heterocycles. The Morgan fingerprint density at radius 3 is 2.45 bits per heavy atom. The summed E-state index contributed by atoms with van der Waals surface area (Å²) in [5.74, 6) is -1.64. The molecule has 0 bridgehead atoms. The van der Waals surface area contributed by atoms with Crippen molar-refractivity contribution in [3.8, 4) is 0 Å². The lowest BCUT2D eigenvalue weighted by Gasteiger charge is -2.34. The quantitative estimate of drug-likeness (QED) is 0.304. The van der Waals surface area contributed by atoms with E-state index < -0.39 is 53.6 Å². The van der Waals surface area contributed by atoms with Crippen LogP contribution in [0.4, 0.5) is 4.79 Å². The van der Waals surface area contributed by atoms with Crippen molar-refractivity contribution in [2.24, 2.45) is 11.8 Å². The van der Waals surface area contributed by atoms with E-state index in [0.717, 1.165) is 42.1 Å². The van der Waals surface area contributed by atoms with Crippen LogP contribution in [0.25, 0.3) is 0 Å². The highest BCUT2D eigenvalue weighted by atomic mass is 79.9. The summed E-state index contributed by atoms with van der Waals surface area (Å²) in [6.07, 6.45) is 7.66. The number of carbonyl (C=O) groups excluding carboxylic acids is 5. The Kier molecular flexibility index (Phi) is 15.0. The first-order chi connectivity index (χ1) is 23.0. The highest BCUT2D eigenvalue weighted by Gasteiger charge is 2.42.